The molecule has 4 heterocycles. The maximum absolute atomic E-state index is 13.3. The van der Waals surface area contributed by atoms with Gasteiger partial charge < -0.3 is 19.3 Å². The molecule has 4 aliphatic rings. The van der Waals surface area contributed by atoms with E-state index in [1.165, 1.54) is 56.3 Å². The van der Waals surface area contributed by atoms with Crippen molar-refractivity contribution in [3.8, 4) is 5.75 Å². The molecule has 0 aromatic carbocycles. The summed E-state index contributed by atoms with van der Waals surface area (Å²) in [4.78, 5) is 33.1. The van der Waals surface area contributed by atoms with Crippen LogP contribution in [0.3, 0.4) is 0 Å². The fraction of sp³-hybridized carbons (Fsp3) is 0.806. The summed E-state index contributed by atoms with van der Waals surface area (Å²) < 4.78 is 11.8. The van der Waals surface area contributed by atoms with Crippen LogP contribution in [0.5, 0.6) is 5.75 Å². The van der Waals surface area contributed by atoms with Crippen LogP contribution in [0.1, 0.15) is 101 Å². The van der Waals surface area contributed by atoms with Gasteiger partial charge in [-0.3, -0.25) is 9.69 Å². The van der Waals surface area contributed by atoms with Crippen molar-refractivity contribution >= 4 is 23.3 Å². The van der Waals surface area contributed by atoms with Crippen molar-refractivity contribution in [2.45, 2.75) is 102 Å². The lowest BCUT2D eigenvalue weighted by Crippen LogP contribution is -2.63. The molecule has 7 nitrogen and oxygen atoms in total. The molecule has 2 amide bonds. The van der Waals surface area contributed by atoms with Gasteiger partial charge in [-0.25, -0.2) is 4.79 Å². The Bertz CT molecular complexity index is 974. The van der Waals surface area contributed by atoms with E-state index < -0.39 is 0 Å². The summed E-state index contributed by atoms with van der Waals surface area (Å²) in [6.07, 6.45) is 13.7. The summed E-state index contributed by atoms with van der Waals surface area (Å²) in [5.74, 6) is 1.83. The number of likely N-dealkylation sites (tertiary alicyclic amines) is 2. The van der Waals surface area contributed by atoms with Crippen LogP contribution in [0.2, 0.25) is 0 Å². The molecule has 1 spiro atoms. The van der Waals surface area contributed by atoms with Gasteiger partial charge in [-0.1, -0.05) is 39.0 Å². The Morgan fingerprint density at radius 2 is 1.79 bits per heavy atom. The van der Waals surface area contributed by atoms with Crippen molar-refractivity contribution in [1.29, 1.82) is 0 Å². The van der Waals surface area contributed by atoms with Gasteiger partial charge in [-0.2, -0.15) is 0 Å². The Labute approximate surface area is 239 Å². The molecular weight excluding hydrogens is 510 g/mol. The van der Waals surface area contributed by atoms with E-state index in [1.54, 1.807) is 7.11 Å². The Balaban J connectivity index is 1.18. The highest BCUT2D eigenvalue weighted by Crippen LogP contribution is 2.44. The van der Waals surface area contributed by atoms with Crippen LogP contribution in [-0.2, 0) is 4.74 Å². The number of unbranched alkanes of at least 4 members (excludes halogenated alkanes) is 1. The van der Waals surface area contributed by atoms with Crippen molar-refractivity contribution in [3.05, 3.63) is 16.3 Å². The maximum Gasteiger partial charge on any atom is 0.410 e. The fourth-order valence-electron chi connectivity index (χ4n) is 7.68. The number of carbonyl (C=O) groups excluding carboxylic acids is 2. The first kappa shape index (κ1) is 28.7. The molecule has 1 atom stereocenters. The van der Waals surface area contributed by atoms with E-state index in [0.717, 1.165) is 71.4 Å². The third kappa shape index (κ3) is 6.12. The second kappa shape index (κ2) is 12.4. The Hall–Kier alpha value is -1.80. The van der Waals surface area contributed by atoms with Gasteiger partial charge in [0.05, 0.1) is 12.7 Å². The van der Waals surface area contributed by atoms with Crippen LogP contribution in [0.4, 0.5) is 4.79 Å². The van der Waals surface area contributed by atoms with Crippen LogP contribution >= 0.6 is 11.3 Å². The Kier molecular flexibility index (Phi) is 9.11. The van der Waals surface area contributed by atoms with E-state index in [4.69, 9.17) is 9.47 Å². The van der Waals surface area contributed by atoms with Gasteiger partial charge in [0.25, 0.3) is 5.91 Å². The van der Waals surface area contributed by atoms with Crippen molar-refractivity contribution in [2.24, 2.45) is 11.8 Å². The molecule has 1 aromatic heterocycles. The van der Waals surface area contributed by atoms with E-state index in [1.807, 2.05) is 15.7 Å². The zero-order valence-electron chi connectivity index (χ0n) is 24.4. The normalized spacial score (nSPS) is 26.0. The molecule has 8 heteroatoms. The minimum Gasteiger partial charge on any atom is -0.495 e. The number of methoxy groups -OCH3 is 1. The minimum absolute atomic E-state index is 0.0661. The van der Waals surface area contributed by atoms with Gasteiger partial charge in [-0.15, -0.1) is 11.3 Å². The first-order chi connectivity index (χ1) is 18.9. The zero-order chi connectivity index (χ0) is 27.5. The molecular formula is C31H49N3O4S. The molecule has 218 valence electrons. The van der Waals surface area contributed by atoms with Gasteiger partial charge in [0.15, 0.2) is 0 Å². The van der Waals surface area contributed by atoms with E-state index >= 15 is 0 Å². The number of hydrogen-bond acceptors (Lipinski definition) is 6. The largest absolute Gasteiger partial charge is 0.495 e. The number of rotatable bonds is 8. The van der Waals surface area contributed by atoms with Gasteiger partial charge in [-0.05, 0) is 44.9 Å². The van der Waals surface area contributed by atoms with Crippen LogP contribution < -0.4 is 4.74 Å². The average molecular weight is 560 g/mol. The van der Waals surface area contributed by atoms with Crippen molar-refractivity contribution in [2.75, 3.05) is 46.4 Å². The molecule has 5 rings (SSSR count). The zero-order valence-corrected chi connectivity index (χ0v) is 25.2. The molecule has 4 fully saturated rings. The molecule has 3 aliphatic heterocycles. The third-order valence-corrected chi connectivity index (χ3v) is 11.1. The maximum atomic E-state index is 13.3. The van der Waals surface area contributed by atoms with E-state index in [-0.39, 0.29) is 23.1 Å². The molecule has 0 bridgehead atoms. The molecule has 0 radical (unpaired) electrons. The SMILES string of the molecule is CCCCC1CN(CC2CCCCC2)C(=O)OC12CCN(C1(C)CCN(C(=O)c3cscc3OC)CC1)CC2. The second-order valence-corrected chi connectivity index (χ2v) is 13.6. The fourth-order valence-corrected chi connectivity index (χ4v) is 8.44. The molecule has 3 saturated heterocycles. The summed E-state index contributed by atoms with van der Waals surface area (Å²) in [6, 6.07) is 0. The lowest BCUT2D eigenvalue weighted by molar-refractivity contribution is -0.134. The number of ether oxygens (including phenoxy) is 2. The number of piperidine rings is 2. The van der Waals surface area contributed by atoms with E-state index in [2.05, 4.69) is 23.6 Å². The van der Waals surface area contributed by atoms with Gasteiger partial charge in [0, 0.05) is 74.3 Å². The number of nitrogens with zero attached hydrogens (tertiary/aromatic N) is 3. The standard InChI is InChI=1S/C31H49N3O4S/c1-4-5-11-25-21-33(20-24-9-7-6-8-10-24)29(36)38-31(25)14-18-34(19-15-31)30(2)12-16-32(17-13-30)28(35)26-22-39-23-27(26)37-3/h22-25H,4-21H2,1-3H3. The summed E-state index contributed by atoms with van der Waals surface area (Å²) >= 11 is 1.51. The third-order valence-electron chi connectivity index (χ3n) is 10.4. The highest BCUT2D eigenvalue weighted by atomic mass is 32.1. The number of thiophene rings is 1. The van der Waals surface area contributed by atoms with E-state index in [0.29, 0.717) is 23.1 Å². The quantitative estimate of drug-likeness (QED) is 0.368. The Morgan fingerprint density at radius 1 is 1.08 bits per heavy atom. The lowest BCUT2D eigenvalue weighted by Gasteiger charge is -2.55. The second-order valence-electron chi connectivity index (χ2n) is 12.8. The van der Waals surface area contributed by atoms with Crippen molar-refractivity contribution < 1.29 is 19.1 Å². The molecule has 1 aromatic rings. The predicted octanol–water partition coefficient (Wildman–Crippen LogP) is 6.42. The molecule has 1 aliphatic carbocycles. The smallest absolute Gasteiger partial charge is 0.410 e. The topological polar surface area (TPSA) is 62.3 Å². The number of carbonyl (C=O) groups is 2. The minimum atomic E-state index is -0.311. The molecule has 0 N–H and O–H groups in total. The monoisotopic (exact) mass is 559 g/mol. The van der Waals surface area contributed by atoms with Gasteiger partial charge in [0.2, 0.25) is 0 Å². The number of amides is 2. The Morgan fingerprint density at radius 3 is 2.46 bits per heavy atom. The molecule has 39 heavy (non-hydrogen) atoms. The number of hydrogen-bond donors (Lipinski definition) is 0. The first-order valence-corrected chi connectivity index (χ1v) is 16.4. The van der Waals surface area contributed by atoms with Crippen LogP contribution in [0.25, 0.3) is 0 Å². The van der Waals surface area contributed by atoms with Crippen molar-refractivity contribution in [3.63, 3.8) is 0 Å². The highest BCUT2D eigenvalue weighted by Gasteiger charge is 2.51. The predicted molar refractivity (Wildman–Crippen MR) is 156 cm³/mol. The van der Waals surface area contributed by atoms with Crippen LogP contribution in [-0.4, -0.2) is 84.2 Å². The van der Waals surface area contributed by atoms with Crippen molar-refractivity contribution in [1.82, 2.24) is 14.7 Å². The summed E-state index contributed by atoms with van der Waals surface area (Å²) in [6.45, 7) is 9.83. The molecule has 1 saturated carbocycles. The van der Waals surface area contributed by atoms with Crippen LogP contribution in [0, 0.1) is 11.8 Å². The first-order valence-electron chi connectivity index (χ1n) is 15.5. The van der Waals surface area contributed by atoms with Crippen LogP contribution in [0.15, 0.2) is 10.8 Å². The summed E-state index contributed by atoms with van der Waals surface area (Å²) in [7, 11) is 1.62. The average Bonchev–Trinajstić information content (AvgIpc) is 3.44. The van der Waals surface area contributed by atoms with Gasteiger partial charge >= 0.3 is 6.09 Å². The van der Waals surface area contributed by atoms with E-state index in [9.17, 15) is 9.59 Å². The summed E-state index contributed by atoms with van der Waals surface area (Å²) in [5.41, 5.74) is 0.441. The molecule has 1 unspecified atom stereocenters. The van der Waals surface area contributed by atoms with Gasteiger partial charge in [0.1, 0.15) is 11.4 Å². The summed E-state index contributed by atoms with van der Waals surface area (Å²) in [5, 5.41) is 3.79. The highest BCUT2D eigenvalue weighted by molar-refractivity contribution is 7.08. The lowest BCUT2D eigenvalue weighted by atomic mass is 9.74.